The van der Waals surface area contributed by atoms with E-state index < -0.39 is 70.0 Å². The Morgan fingerprint density at radius 3 is 2.39 bits per heavy atom. The lowest BCUT2D eigenvalue weighted by atomic mass is 9.44. The van der Waals surface area contributed by atoms with E-state index in [2.05, 4.69) is 5.32 Å². The third kappa shape index (κ3) is 3.61. The fourth-order valence-electron chi connectivity index (χ4n) is 8.13. The van der Waals surface area contributed by atoms with Crippen LogP contribution >= 0.6 is 0 Å². The van der Waals surface area contributed by atoms with Crippen molar-refractivity contribution in [1.82, 2.24) is 5.32 Å². The van der Waals surface area contributed by atoms with E-state index in [9.17, 15) is 24.6 Å². The van der Waals surface area contributed by atoms with Gasteiger partial charge in [-0.1, -0.05) is 46.3 Å². The highest BCUT2D eigenvalue weighted by atomic mass is 19.1. The fourth-order valence-corrected chi connectivity index (χ4v) is 8.13. The van der Waals surface area contributed by atoms with Crippen LogP contribution in [0.3, 0.4) is 0 Å². The first-order chi connectivity index (χ1) is 17.3. The molecule has 7 nitrogen and oxygen atoms in total. The molecule has 1 amide bonds. The van der Waals surface area contributed by atoms with Gasteiger partial charge in [-0.25, -0.2) is 9.18 Å². The van der Waals surface area contributed by atoms with E-state index in [4.69, 9.17) is 4.74 Å². The maximum Gasteiger partial charge on any atom is 0.408 e. The van der Waals surface area contributed by atoms with Crippen molar-refractivity contribution in [3.05, 3.63) is 23.8 Å². The molecule has 38 heavy (non-hydrogen) atoms. The summed E-state index contributed by atoms with van der Waals surface area (Å²) in [6, 6.07) is 0. The molecule has 0 aromatic heterocycles. The molecule has 0 radical (unpaired) electrons. The van der Waals surface area contributed by atoms with Gasteiger partial charge in [-0.15, -0.1) is 0 Å². The Morgan fingerprint density at radius 2 is 1.82 bits per heavy atom. The number of amides is 1. The van der Waals surface area contributed by atoms with Gasteiger partial charge in [0, 0.05) is 28.2 Å². The van der Waals surface area contributed by atoms with Crippen LogP contribution in [0.4, 0.5) is 9.18 Å². The lowest BCUT2D eigenvalue weighted by Gasteiger charge is -2.62. The second kappa shape index (κ2) is 8.72. The normalized spacial score (nSPS) is 42.5. The van der Waals surface area contributed by atoms with Crippen LogP contribution in [-0.2, 0) is 14.3 Å². The number of aliphatic hydroxyl groups excluding tert-OH is 2. The molecular weight excluding hydrogens is 489 g/mol. The first-order valence-corrected chi connectivity index (χ1v) is 13.8. The number of hydrogen-bond acceptors (Lipinski definition) is 6. The molecule has 212 valence electrons. The van der Waals surface area contributed by atoms with Crippen molar-refractivity contribution < 1.29 is 33.7 Å². The van der Waals surface area contributed by atoms with Gasteiger partial charge in [0.1, 0.15) is 6.61 Å². The number of alkyl carbamates (subject to hydrolysis) is 1. The van der Waals surface area contributed by atoms with E-state index in [-0.39, 0.29) is 17.6 Å². The number of carbonyl (C=O) groups excluding carboxylic acids is 3. The third-order valence-electron chi connectivity index (χ3n) is 11.3. The van der Waals surface area contributed by atoms with Crippen LogP contribution in [0.25, 0.3) is 0 Å². The first kappa shape index (κ1) is 28.9. The summed E-state index contributed by atoms with van der Waals surface area (Å²) < 4.78 is 23.5. The molecule has 0 aliphatic heterocycles. The highest BCUT2D eigenvalue weighted by Gasteiger charge is 2.77. The zero-order chi connectivity index (χ0) is 28.7. The molecule has 4 rings (SSSR count). The summed E-state index contributed by atoms with van der Waals surface area (Å²) in [7, 11) is 0. The highest BCUT2D eigenvalue weighted by Crippen LogP contribution is 2.71. The number of allylic oxidation sites excluding steroid dienone is 4. The highest BCUT2D eigenvalue weighted by molar-refractivity contribution is 6.01. The number of carbonyl (C=O) groups is 3. The largest absolute Gasteiger partial charge is 0.434 e. The number of alkyl halides is 1. The van der Waals surface area contributed by atoms with Crippen molar-refractivity contribution in [2.75, 3.05) is 6.61 Å². The molecule has 0 aromatic rings. The van der Waals surface area contributed by atoms with Gasteiger partial charge >= 0.3 is 6.09 Å². The molecule has 3 N–H and O–H groups in total. The van der Waals surface area contributed by atoms with E-state index in [1.165, 1.54) is 12.2 Å². The number of hydrogen-bond donors (Lipinski definition) is 3. The van der Waals surface area contributed by atoms with E-state index >= 15 is 4.39 Å². The Hall–Kier alpha value is -2.06. The van der Waals surface area contributed by atoms with Crippen molar-refractivity contribution >= 4 is 17.7 Å². The molecule has 3 unspecified atom stereocenters. The van der Waals surface area contributed by atoms with Gasteiger partial charge in [0.25, 0.3) is 0 Å². The second-order valence-corrected chi connectivity index (χ2v) is 14.1. The van der Waals surface area contributed by atoms with Crippen LogP contribution in [0.15, 0.2) is 23.8 Å². The van der Waals surface area contributed by atoms with E-state index in [1.807, 2.05) is 34.6 Å². The minimum Gasteiger partial charge on any atom is -0.434 e. The minimum atomic E-state index is -2.06. The third-order valence-corrected chi connectivity index (χ3v) is 11.3. The number of aliphatic hydroxyl groups is 2. The number of Topliss-reactive ketones (excluding diaryl/α,β-unsaturated/α-hetero) is 1. The van der Waals surface area contributed by atoms with Gasteiger partial charge in [-0.2, -0.15) is 0 Å². The standard InChI is InChI=1S/C30H44FNO6/c1-17-13-21-20-10-9-18-14-19(34)11-12-27(18,7)29(20,31)22(35)15-28(21,8)30(17,23(36)16-33)38-24(37)32-26(5,6)25(2,3)4/h11-12,14,17,20-22,33,35H,9-10,13,15-16H2,1-8H3,(H,32,37)/t17-,20?,21?,22-,27-,28-,29?,30+/m0/s1. The number of ketones is 2. The monoisotopic (exact) mass is 533 g/mol. The Morgan fingerprint density at radius 1 is 1.18 bits per heavy atom. The summed E-state index contributed by atoms with van der Waals surface area (Å²) in [5, 5.41) is 24.6. The molecule has 0 bridgehead atoms. The van der Waals surface area contributed by atoms with Gasteiger partial charge in [0.05, 0.1) is 6.10 Å². The van der Waals surface area contributed by atoms with Crippen molar-refractivity contribution in [1.29, 1.82) is 0 Å². The molecular formula is C30H44FNO6. The number of halogens is 1. The van der Waals surface area contributed by atoms with E-state index in [0.29, 0.717) is 24.8 Å². The molecule has 0 heterocycles. The number of nitrogens with one attached hydrogen (secondary N) is 1. The summed E-state index contributed by atoms with van der Waals surface area (Å²) >= 11 is 0. The number of rotatable bonds is 4. The Labute approximate surface area is 225 Å². The molecule has 8 atom stereocenters. The summed E-state index contributed by atoms with van der Waals surface area (Å²) in [4.78, 5) is 39.1. The second-order valence-electron chi connectivity index (χ2n) is 14.1. The molecule has 3 fully saturated rings. The minimum absolute atomic E-state index is 0.124. The van der Waals surface area contributed by atoms with Gasteiger partial charge in [0.15, 0.2) is 17.1 Å². The maximum absolute atomic E-state index is 17.4. The van der Waals surface area contributed by atoms with Crippen molar-refractivity contribution in [3.8, 4) is 0 Å². The van der Waals surface area contributed by atoms with Crippen molar-refractivity contribution in [2.24, 2.45) is 34.0 Å². The van der Waals surface area contributed by atoms with Crippen molar-refractivity contribution in [3.63, 3.8) is 0 Å². The predicted molar refractivity (Wildman–Crippen MR) is 141 cm³/mol. The van der Waals surface area contributed by atoms with Crippen LogP contribution in [0.2, 0.25) is 0 Å². The summed E-state index contributed by atoms with van der Waals surface area (Å²) in [5.74, 6) is -2.36. The summed E-state index contributed by atoms with van der Waals surface area (Å²) in [6.45, 7) is 14.2. The average Bonchev–Trinajstić information content (AvgIpc) is 3.01. The smallest absolute Gasteiger partial charge is 0.408 e. The zero-order valence-electron chi connectivity index (χ0n) is 24.0. The molecule has 4 aliphatic carbocycles. The Balaban J connectivity index is 1.78. The maximum atomic E-state index is 17.4. The Kier molecular flexibility index (Phi) is 6.64. The Bertz CT molecular complexity index is 1110. The number of fused-ring (bicyclic) bond motifs is 5. The van der Waals surface area contributed by atoms with Crippen LogP contribution in [0.1, 0.15) is 81.1 Å². The van der Waals surface area contributed by atoms with Crippen LogP contribution < -0.4 is 5.32 Å². The van der Waals surface area contributed by atoms with Gasteiger partial charge in [0.2, 0.25) is 5.78 Å². The van der Waals surface area contributed by atoms with Crippen LogP contribution in [-0.4, -0.2) is 57.4 Å². The molecule has 0 aromatic carbocycles. The quantitative estimate of drug-likeness (QED) is 0.492. The average molecular weight is 534 g/mol. The molecule has 0 spiro atoms. The molecule has 0 saturated heterocycles. The van der Waals surface area contributed by atoms with Crippen molar-refractivity contribution in [2.45, 2.75) is 104 Å². The van der Waals surface area contributed by atoms with Gasteiger partial charge < -0.3 is 20.3 Å². The zero-order valence-corrected chi connectivity index (χ0v) is 24.0. The van der Waals surface area contributed by atoms with Gasteiger partial charge in [-0.3, -0.25) is 9.59 Å². The molecule has 8 heteroatoms. The van der Waals surface area contributed by atoms with Gasteiger partial charge in [-0.05, 0) is 69.9 Å². The lowest BCUT2D eigenvalue weighted by molar-refractivity contribution is -0.219. The van der Waals surface area contributed by atoms with Crippen LogP contribution in [0, 0.1) is 34.0 Å². The molecule has 3 saturated carbocycles. The summed E-state index contributed by atoms with van der Waals surface area (Å²) in [5.41, 5.74) is -6.39. The molecule has 4 aliphatic rings. The van der Waals surface area contributed by atoms with E-state index in [1.54, 1.807) is 26.8 Å². The van der Waals surface area contributed by atoms with Crippen LogP contribution in [0.5, 0.6) is 0 Å². The lowest BCUT2D eigenvalue weighted by Crippen LogP contribution is -2.70. The van der Waals surface area contributed by atoms with E-state index in [0.717, 1.165) is 0 Å². The number of ether oxygens (including phenoxy) is 1. The fraction of sp³-hybridized carbons (Fsp3) is 0.767. The topological polar surface area (TPSA) is 113 Å². The first-order valence-electron chi connectivity index (χ1n) is 13.8. The predicted octanol–water partition coefficient (Wildman–Crippen LogP) is 4.45. The summed E-state index contributed by atoms with van der Waals surface area (Å²) in [6.07, 6.45) is 3.37. The SMILES string of the molecule is C[C@H]1CC2C3CCC4=CC(=O)C=C[C@]4(C)C3(F)[C@@H](O)C[C@]2(C)[C@]1(OC(=O)NC(C)(C)C(C)(C)C)C(=O)CO.